The Balaban J connectivity index is 0.000000611. The van der Waals surface area contributed by atoms with E-state index in [4.69, 9.17) is 21.8 Å². The number of para-hydroxylation sites is 1. The van der Waals surface area contributed by atoms with Crippen molar-refractivity contribution < 1.29 is 29.4 Å². The van der Waals surface area contributed by atoms with Crippen LogP contribution in [-0.2, 0) is 19.2 Å². The van der Waals surface area contributed by atoms with Crippen LogP contribution in [0, 0.1) is 11.8 Å². The molecule has 0 aliphatic carbocycles. The summed E-state index contributed by atoms with van der Waals surface area (Å²) in [7, 11) is 0. The van der Waals surface area contributed by atoms with E-state index in [9.17, 15) is 19.2 Å². The van der Waals surface area contributed by atoms with Crippen LogP contribution in [0.4, 0.5) is 5.69 Å². The number of hydrogen-bond acceptors (Lipinski definition) is 6. The van der Waals surface area contributed by atoms with Crippen molar-refractivity contribution in [3.05, 3.63) is 41.4 Å². The summed E-state index contributed by atoms with van der Waals surface area (Å²) >= 11 is 6.38. The van der Waals surface area contributed by atoms with Crippen LogP contribution >= 0.6 is 11.6 Å². The highest BCUT2D eigenvalue weighted by atomic mass is 35.5. The number of carboxylic acids is 2. The van der Waals surface area contributed by atoms with Crippen molar-refractivity contribution in [2.24, 2.45) is 11.8 Å². The standard InChI is InChI=1S/C25H39ClN4O2.C4H4O4/c1-6-19(11-17(2)3)28-24(32)18-12-20(14-27-13-18)30-15-23(31)29(16-25(30,4)5)22-10-8-7-9-21(22)26;5-3(6)1-2-4(7)8/h7-10,17-20,27H,6,11-16H2,1-5H3,(H,28,32);1-2H,(H,5,6)(H,7,8)/b;2-1+/t18-,19+,20+;/m0./s1. The molecule has 0 unspecified atom stereocenters. The molecule has 11 heteroatoms. The number of nitrogens with zero attached hydrogens (tertiary/aromatic N) is 2. The first kappa shape index (κ1) is 33.3. The first-order valence-electron chi connectivity index (χ1n) is 13.7. The molecule has 2 heterocycles. The van der Waals surface area contributed by atoms with Gasteiger partial charge in [0, 0.05) is 49.4 Å². The maximum atomic E-state index is 13.1. The van der Waals surface area contributed by atoms with Gasteiger partial charge in [0.25, 0.3) is 0 Å². The molecule has 2 fully saturated rings. The molecule has 4 N–H and O–H groups in total. The summed E-state index contributed by atoms with van der Waals surface area (Å²) in [6.45, 7) is 13.2. The number of amides is 2. The van der Waals surface area contributed by atoms with Crippen molar-refractivity contribution in [1.29, 1.82) is 0 Å². The van der Waals surface area contributed by atoms with Crippen molar-refractivity contribution in [2.45, 2.75) is 71.5 Å². The number of nitrogens with one attached hydrogen (secondary N) is 2. The minimum absolute atomic E-state index is 0.0481. The van der Waals surface area contributed by atoms with Crippen LogP contribution in [0.1, 0.15) is 53.9 Å². The van der Waals surface area contributed by atoms with Crippen molar-refractivity contribution in [3.8, 4) is 0 Å². The average molecular weight is 579 g/mol. The number of aliphatic carboxylic acids is 2. The minimum atomic E-state index is -1.26. The van der Waals surface area contributed by atoms with Gasteiger partial charge in [-0.2, -0.15) is 0 Å². The number of piperidine rings is 1. The third-order valence-corrected chi connectivity index (χ3v) is 7.49. The summed E-state index contributed by atoms with van der Waals surface area (Å²) in [6.07, 6.45) is 3.82. The molecule has 0 spiro atoms. The molecule has 2 aliphatic heterocycles. The number of halogens is 1. The maximum Gasteiger partial charge on any atom is 0.328 e. The molecule has 1 aromatic carbocycles. The van der Waals surface area contributed by atoms with E-state index in [1.807, 2.05) is 24.3 Å². The maximum absolute atomic E-state index is 13.1. The molecule has 0 bridgehead atoms. The summed E-state index contributed by atoms with van der Waals surface area (Å²) in [6, 6.07) is 7.86. The Morgan fingerprint density at radius 1 is 1.15 bits per heavy atom. The second-order valence-corrected chi connectivity index (χ2v) is 11.8. The van der Waals surface area contributed by atoms with Gasteiger partial charge in [-0.15, -0.1) is 0 Å². The van der Waals surface area contributed by atoms with Gasteiger partial charge in [0.05, 0.1) is 23.2 Å². The molecule has 2 aliphatic rings. The summed E-state index contributed by atoms with van der Waals surface area (Å²) in [5.74, 6) is -1.86. The second kappa shape index (κ2) is 15.2. The molecule has 0 saturated carbocycles. The highest BCUT2D eigenvalue weighted by Gasteiger charge is 2.44. The summed E-state index contributed by atoms with van der Waals surface area (Å²) in [4.78, 5) is 49.3. The number of carbonyl (C=O) groups excluding carboxylic acids is 2. The van der Waals surface area contributed by atoms with Gasteiger partial charge in [-0.05, 0) is 51.2 Å². The van der Waals surface area contributed by atoms with Crippen LogP contribution in [0.3, 0.4) is 0 Å². The largest absolute Gasteiger partial charge is 0.478 e. The lowest BCUT2D eigenvalue weighted by atomic mass is 9.88. The molecule has 0 aromatic heterocycles. The van der Waals surface area contributed by atoms with Crippen LogP contribution < -0.4 is 15.5 Å². The lowest BCUT2D eigenvalue weighted by molar-refractivity contribution is -0.134. The van der Waals surface area contributed by atoms with Crippen molar-refractivity contribution >= 4 is 41.0 Å². The van der Waals surface area contributed by atoms with Gasteiger partial charge in [0.2, 0.25) is 11.8 Å². The van der Waals surface area contributed by atoms with Crippen molar-refractivity contribution in [2.75, 3.05) is 31.1 Å². The van der Waals surface area contributed by atoms with Crippen molar-refractivity contribution in [3.63, 3.8) is 0 Å². The molecule has 3 atom stereocenters. The summed E-state index contributed by atoms with van der Waals surface area (Å²) < 4.78 is 0. The van der Waals surface area contributed by atoms with Crippen LogP contribution in [0.25, 0.3) is 0 Å². The number of rotatable bonds is 9. The quantitative estimate of drug-likeness (QED) is 0.327. The predicted molar refractivity (Wildman–Crippen MR) is 155 cm³/mol. The third kappa shape index (κ3) is 9.91. The topological polar surface area (TPSA) is 139 Å². The summed E-state index contributed by atoms with van der Waals surface area (Å²) in [5.41, 5.74) is 0.531. The van der Waals surface area contributed by atoms with E-state index in [1.54, 1.807) is 4.90 Å². The highest BCUT2D eigenvalue weighted by molar-refractivity contribution is 6.33. The van der Waals surface area contributed by atoms with E-state index in [0.717, 1.165) is 31.5 Å². The Morgan fingerprint density at radius 2 is 1.77 bits per heavy atom. The molecule has 222 valence electrons. The Kier molecular flexibility index (Phi) is 12.6. The number of anilines is 1. The Morgan fingerprint density at radius 3 is 2.33 bits per heavy atom. The van der Waals surface area contributed by atoms with Crippen molar-refractivity contribution in [1.82, 2.24) is 15.5 Å². The minimum Gasteiger partial charge on any atom is -0.478 e. The summed E-state index contributed by atoms with van der Waals surface area (Å²) in [5, 5.41) is 22.9. The lowest BCUT2D eigenvalue weighted by Gasteiger charge is -2.51. The van der Waals surface area contributed by atoms with E-state index >= 15 is 0 Å². The smallest absolute Gasteiger partial charge is 0.328 e. The fraction of sp³-hybridized carbons (Fsp3) is 0.586. The van der Waals surface area contributed by atoms with Gasteiger partial charge in [0.15, 0.2) is 0 Å². The first-order valence-corrected chi connectivity index (χ1v) is 14.1. The number of benzene rings is 1. The zero-order chi connectivity index (χ0) is 30.0. The molecule has 10 nitrogen and oxygen atoms in total. The van der Waals surface area contributed by atoms with E-state index in [-0.39, 0.29) is 35.4 Å². The van der Waals surface area contributed by atoms with Gasteiger partial charge in [-0.3, -0.25) is 14.5 Å². The van der Waals surface area contributed by atoms with Gasteiger partial charge >= 0.3 is 11.9 Å². The number of carbonyl (C=O) groups is 4. The molecule has 2 saturated heterocycles. The van der Waals surface area contributed by atoms with Crippen LogP contribution in [0.2, 0.25) is 5.02 Å². The van der Waals surface area contributed by atoms with Gasteiger partial charge in [-0.25, -0.2) is 9.59 Å². The Hall–Kier alpha value is -2.95. The van der Waals surface area contributed by atoms with E-state index in [1.165, 1.54) is 0 Å². The number of carboxylic acid groups (broad SMARTS) is 2. The van der Waals surface area contributed by atoms with Gasteiger partial charge in [0.1, 0.15) is 0 Å². The van der Waals surface area contributed by atoms with Gasteiger partial charge in [-0.1, -0.05) is 44.5 Å². The lowest BCUT2D eigenvalue weighted by Crippen LogP contribution is -2.67. The Bertz CT molecular complexity index is 1060. The zero-order valence-corrected chi connectivity index (χ0v) is 24.8. The molecular formula is C29H43ClN4O6. The SMILES string of the molecule is CC[C@H](CC(C)C)NC(=O)[C@@H]1CNC[C@H](N2CC(=O)N(c3ccccc3Cl)CC2(C)C)C1.O=C(O)/C=C/C(=O)O. The van der Waals surface area contributed by atoms with Crippen LogP contribution in [0.5, 0.6) is 0 Å². The molecule has 2 amide bonds. The fourth-order valence-electron chi connectivity index (χ4n) is 5.24. The molecule has 3 rings (SSSR count). The number of hydrogen-bond donors (Lipinski definition) is 4. The normalized spacial score (nSPS) is 22.0. The monoisotopic (exact) mass is 578 g/mol. The van der Waals surface area contributed by atoms with Crippen LogP contribution in [0.15, 0.2) is 36.4 Å². The predicted octanol–water partition coefficient (Wildman–Crippen LogP) is 3.40. The molecular weight excluding hydrogens is 536 g/mol. The highest BCUT2D eigenvalue weighted by Crippen LogP contribution is 2.33. The van der Waals surface area contributed by atoms with E-state index in [2.05, 4.69) is 50.2 Å². The number of piperazine rings is 1. The fourth-order valence-corrected chi connectivity index (χ4v) is 5.48. The third-order valence-electron chi connectivity index (χ3n) is 7.17. The first-order chi connectivity index (χ1) is 18.7. The molecule has 40 heavy (non-hydrogen) atoms. The van der Waals surface area contributed by atoms with Gasteiger partial charge < -0.3 is 25.7 Å². The zero-order valence-electron chi connectivity index (χ0n) is 24.0. The van der Waals surface area contributed by atoms with Crippen LogP contribution in [-0.4, -0.2) is 82.7 Å². The second-order valence-electron chi connectivity index (χ2n) is 11.4. The molecule has 1 aromatic rings. The van der Waals surface area contributed by atoms with E-state index in [0.29, 0.717) is 42.7 Å². The molecule has 0 radical (unpaired) electrons. The average Bonchev–Trinajstić information content (AvgIpc) is 2.88. The van der Waals surface area contributed by atoms with E-state index < -0.39 is 11.9 Å². The Labute approximate surface area is 241 Å².